The van der Waals surface area contributed by atoms with E-state index >= 15 is 0 Å². The fourth-order valence-corrected chi connectivity index (χ4v) is 2.49. The van der Waals surface area contributed by atoms with Crippen LogP contribution < -0.4 is 5.73 Å². The van der Waals surface area contributed by atoms with Gasteiger partial charge in [0.1, 0.15) is 5.82 Å². The van der Waals surface area contributed by atoms with Crippen LogP contribution in [-0.4, -0.2) is 14.5 Å². The predicted octanol–water partition coefficient (Wildman–Crippen LogP) is 3.14. The van der Waals surface area contributed by atoms with Gasteiger partial charge in [0.2, 0.25) is 0 Å². The Bertz CT molecular complexity index is 729. The lowest BCUT2D eigenvalue weighted by Crippen LogP contribution is -2.03. The molecule has 0 saturated heterocycles. The van der Waals surface area contributed by atoms with Crippen LogP contribution in [0, 0.1) is 0 Å². The molecule has 102 valence electrons. The van der Waals surface area contributed by atoms with E-state index in [0.717, 1.165) is 28.0 Å². The fraction of sp³-hybridized carbons (Fsp3) is 0.250. The third-order valence-electron chi connectivity index (χ3n) is 3.43. The summed E-state index contributed by atoms with van der Waals surface area (Å²) in [5, 5.41) is 0. The Labute approximate surface area is 118 Å². The molecule has 0 unspecified atom stereocenters. The van der Waals surface area contributed by atoms with Gasteiger partial charge in [-0.3, -0.25) is 4.98 Å². The van der Waals surface area contributed by atoms with Crippen molar-refractivity contribution in [1.82, 2.24) is 14.5 Å². The molecule has 0 fully saturated rings. The van der Waals surface area contributed by atoms with Crippen molar-refractivity contribution in [1.29, 1.82) is 0 Å². The summed E-state index contributed by atoms with van der Waals surface area (Å²) in [6, 6.07) is 10.5. The zero-order valence-electron chi connectivity index (χ0n) is 11.7. The van der Waals surface area contributed by atoms with Crippen LogP contribution in [0.2, 0.25) is 0 Å². The lowest BCUT2D eigenvalue weighted by Gasteiger charge is -2.13. The van der Waals surface area contributed by atoms with Gasteiger partial charge in [-0.05, 0) is 43.7 Å². The van der Waals surface area contributed by atoms with Gasteiger partial charge < -0.3 is 10.3 Å². The monoisotopic (exact) mass is 266 g/mol. The number of fused-ring (bicyclic) bond motifs is 1. The number of nitrogens with zero attached hydrogens (tertiary/aromatic N) is 3. The number of imidazole rings is 1. The maximum Gasteiger partial charge on any atom is 0.142 e. The maximum absolute atomic E-state index is 5.71. The van der Waals surface area contributed by atoms with Crippen molar-refractivity contribution in [2.45, 2.75) is 26.4 Å². The van der Waals surface area contributed by atoms with Gasteiger partial charge in [0.25, 0.3) is 0 Å². The zero-order chi connectivity index (χ0) is 14.1. The van der Waals surface area contributed by atoms with Crippen LogP contribution in [0.15, 0.2) is 42.7 Å². The smallest absolute Gasteiger partial charge is 0.142 e. The van der Waals surface area contributed by atoms with Gasteiger partial charge in [-0.25, -0.2) is 4.98 Å². The van der Waals surface area contributed by atoms with Gasteiger partial charge >= 0.3 is 0 Å². The van der Waals surface area contributed by atoms with Crippen LogP contribution >= 0.6 is 0 Å². The van der Waals surface area contributed by atoms with Crippen molar-refractivity contribution in [2.75, 3.05) is 0 Å². The summed E-state index contributed by atoms with van der Waals surface area (Å²) >= 11 is 0. The number of nitrogens with two attached hydrogens (primary N) is 1. The second-order valence-electron chi connectivity index (χ2n) is 5.17. The molecule has 3 aromatic rings. The Kier molecular flexibility index (Phi) is 3.24. The van der Waals surface area contributed by atoms with Crippen LogP contribution in [0.3, 0.4) is 0 Å². The van der Waals surface area contributed by atoms with E-state index in [1.54, 1.807) is 6.20 Å². The predicted molar refractivity (Wildman–Crippen MR) is 81.2 cm³/mol. The number of hydrogen-bond acceptors (Lipinski definition) is 3. The van der Waals surface area contributed by atoms with Crippen LogP contribution in [0.4, 0.5) is 0 Å². The summed E-state index contributed by atoms with van der Waals surface area (Å²) in [7, 11) is 0. The second kappa shape index (κ2) is 5.06. The number of rotatable bonds is 3. The van der Waals surface area contributed by atoms with E-state index in [0.29, 0.717) is 12.6 Å². The third-order valence-corrected chi connectivity index (χ3v) is 3.43. The molecule has 1 aromatic carbocycles. The summed E-state index contributed by atoms with van der Waals surface area (Å²) in [5.74, 6) is 0.956. The molecular weight excluding hydrogens is 248 g/mol. The first-order chi connectivity index (χ1) is 9.70. The van der Waals surface area contributed by atoms with Crippen molar-refractivity contribution in [3.8, 4) is 11.4 Å². The molecule has 0 saturated carbocycles. The third kappa shape index (κ3) is 2.08. The minimum Gasteiger partial charge on any atom is -0.326 e. The number of aromatic nitrogens is 3. The minimum atomic E-state index is 0.332. The molecule has 2 heterocycles. The van der Waals surface area contributed by atoms with Gasteiger partial charge in [0.15, 0.2) is 0 Å². The summed E-state index contributed by atoms with van der Waals surface area (Å²) in [6.45, 7) is 4.86. The molecule has 0 atom stereocenters. The molecule has 20 heavy (non-hydrogen) atoms. The van der Waals surface area contributed by atoms with Crippen LogP contribution in [0.5, 0.6) is 0 Å². The fourth-order valence-electron chi connectivity index (χ4n) is 2.49. The highest BCUT2D eigenvalue weighted by atomic mass is 15.1. The highest BCUT2D eigenvalue weighted by Crippen LogP contribution is 2.28. The van der Waals surface area contributed by atoms with E-state index in [2.05, 4.69) is 41.6 Å². The summed E-state index contributed by atoms with van der Waals surface area (Å²) in [6.07, 6.45) is 3.63. The highest BCUT2D eigenvalue weighted by Gasteiger charge is 2.15. The van der Waals surface area contributed by atoms with Gasteiger partial charge in [-0.1, -0.05) is 6.07 Å². The van der Waals surface area contributed by atoms with Crippen LogP contribution in [-0.2, 0) is 6.54 Å². The molecule has 0 aliphatic carbocycles. The molecule has 0 bridgehead atoms. The van der Waals surface area contributed by atoms with Crippen molar-refractivity contribution < 1.29 is 0 Å². The van der Waals surface area contributed by atoms with E-state index in [1.807, 2.05) is 18.3 Å². The standard InChI is InChI=1S/C16H18N4/c1-11(2)20-15-6-5-12(9-17)8-14(15)19-16(20)13-4-3-7-18-10-13/h3-8,10-11H,9,17H2,1-2H3. The topological polar surface area (TPSA) is 56.7 Å². The van der Waals surface area contributed by atoms with E-state index in [1.165, 1.54) is 0 Å². The average molecular weight is 266 g/mol. The molecule has 0 aliphatic rings. The van der Waals surface area contributed by atoms with E-state index in [-0.39, 0.29) is 0 Å². The first kappa shape index (κ1) is 12.8. The molecule has 4 nitrogen and oxygen atoms in total. The van der Waals surface area contributed by atoms with Gasteiger partial charge in [0, 0.05) is 30.5 Å². The largest absolute Gasteiger partial charge is 0.326 e. The first-order valence-corrected chi connectivity index (χ1v) is 6.82. The molecule has 0 spiro atoms. The van der Waals surface area contributed by atoms with E-state index in [9.17, 15) is 0 Å². The van der Waals surface area contributed by atoms with E-state index in [4.69, 9.17) is 10.7 Å². The SMILES string of the molecule is CC(C)n1c(-c2cccnc2)nc2cc(CN)ccc21. The van der Waals surface area contributed by atoms with Crippen molar-refractivity contribution >= 4 is 11.0 Å². The van der Waals surface area contributed by atoms with Gasteiger partial charge in [-0.15, -0.1) is 0 Å². The van der Waals surface area contributed by atoms with Gasteiger partial charge in [-0.2, -0.15) is 0 Å². The lowest BCUT2D eigenvalue weighted by atomic mass is 10.2. The number of pyridine rings is 1. The average Bonchev–Trinajstić information content (AvgIpc) is 2.86. The summed E-state index contributed by atoms with van der Waals surface area (Å²) in [4.78, 5) is 8.97. The molecular formula is C16H18N4. The summed E-state index contributed by atoms with van der Waals surface area (Å²) in [5.41, 5.74) is 9.97. The first-order valence-electron chi connectivity index (χ1n) is 6.82. The molecule has 0 aliphatic heterocycles. The van der Waals surface area contributed by atoms with Gasteiger partial charge in [0.05, 0.1) is 11.0 Å². The van der Waals surface area contributed by atoms with Crippen molar-refractivity contribution in [3.63, 3.8) is 0 Å². The maximum atomic E-state index is 5.71. The number of benzene rings is 1. The zero-order valence-corrected chi connectivity index (χ0v) is 11.7. The number of hydrogen-bond donors (Lipinski definition) is 1. The Balaban J connectivity index is 2.28. The normalized spacial score (nSPS) is 11.4. The molecule has 0 amide bonds. The highest BCUT2D eigenvalue weighted by molar-refractivity contribution is 5.81. The van der Waals surface area contributed by atoms with Crippen LogP contribution in [0.25, 0.3) is 22.4 Å². The molecule has 2 N–H and O–H groups in total. The van der Waals surface area contributed by atoms with E-state index < -0.39 is 0 Å². The second-order valence-corrected chi connectivity index (χ2v) is 5.17. The van der Waals surface area contributed by atoms with Crippen molar-refractivity contribution in [2.24, 2.45) is 5.73 Å². The Morgan fingerprint density at radius 1 is 1.25 bits per heavy atom. The summed E-state index contributed by atoms with van der Waals surface area (Å²) < 4.78 is 2.24. The Morgan fingerprint density at radius 3 is 2.75 bits per heavy atom. The minimum absolute atomic E-state index is 0.332. The van der Waals surface area contributed by atoms with Crippen LogP contribution in [0.1, 0.15) is 25.5 Å². The van der Waals surface area contributed by atoms with Crippen molar-refractivity contribution in [3.05, 3.63) is 48.3 Å². The molecule has 2 aromatic heterocycles. The Morgan fingerprint density at radius 2 is 2.10 bits per heavy atom. The molecule has 3 rings (SSSR count). The molecule has 0 radical (unpaired) electrons. The molecule has 4 heteroatoms. The lowest BCUT2D eigenvalue weighted by molar-refractivity contribution is 0.624. The quantitative estimate of drug-likeness (QED) is 0.792. The Hall–Kier alpha value is -2.20.